The first-order valence-electron chi connectivity index (χ1n) is 7.04. The molecule has 6 nitrogen and oxygen atoms in total. The molecular formula is C15H22N2O4. The standard InChI is InChI=1S/C15H22N2O4/c16-15(14(19)20)6-7-17(11-15)8-13(18)10-21-9-12-4-2-1-3-5-12/h1-5,13,18H,6-11,16H2,(H,19,20). The minimum absolute atomic E-state index is 0.218. The lowest BCUT2D eigenvalue weighted by Gasteiger charge is -2.22. The monoisotopic (exact) mass is 294 g/mol. The number of rotatable bonds is 7. The number of carboxylic acids is 1. The summed E-state index contributed by atoms with van der Waals surface area (Å²) >= 11 is 0. The van der Waals surface area contributed by atoms with Crippen LogP contribution in [0.3, 0.4) is 0 Å². The Labute approximate surface area is 124 Å². The number of carboxylic acid groups (broad SMARTS) is 1. The summed E-state index contributed by atoms with van der Waals surface area (Å²) in [6.45, 7) is 1.89. The summed E-state index contributed by atoms with van der Waals surface area (Å²) in [5.74, 6) is -0.986. The van der Waals surface area contributed by atoms with Crippen molar-refractivity contribution in [3.05, 3.63) is 35.9 Å². The molecule has 0 amide bonds. The Morgan fingerprint density at radius 1 is 1.43 bits per heavy atom. The first kappa shape index (κ1) is 15.9. The molecule has 1 aliphatic heterocycles. The zero-order valence-electron chi connectivity index (χ0n) is 11.9. The van der Waals surface area contributed by atoms with Gasteiger partial charge >= 0.3 is 5.97 Å². The van der Waals surface area contributed by atoms with Crippen LogP contribution in [-0.2, 0) is 16.1 Å². The SMILES string of the molecule is NC1(C(=O)O)CCN(CC(O)COCc2ccccc2)C1. The third-order valence-corrected chi connectivity index (χ3v) is 3.70. The lowest BCUT2D eigenvalue weighted by Crippen LogP contribution is -2.50. The molecule has 1 saturated heterocycles. The third-order valence-electron chi connectivity index (χ3n) is 3.70. The Kier molecular flexibility index (Phi) is 5.30. The predicted molar refractivity (Wildman–Crippen MR) is 77.7 cm³/mol. The molecule has 2 rings (SSSR count). The van der Waals surface area contributed by atoms with E-state index in [0.717, 1.165) is 5.56 Å². The average Bonchev–Trinajstić information content (AvgIpc) is 2.83. The number of aliphatic hydroxyl groups excluding tert-OH is 1. The van der Waals surface area contributed by atoms with E-state index in [1.165, 1.54) is 0 Å². The maximum Gasteiger partial charge on any atom is 0.325 e. The van der Waals surface area contributed by atoms with Crippen LogP contribution in [0.25, 0.3) is 0 Å². The smallest absolute Gasteiger partial charge is 0.325 e. The summed E-state index contributed by atoms with van der Waals surface area (Å²) in [6, 6.07) is 9.73. The second kappa shape index (κ2) is 7.00. The number of likely N-dealkylation sites (tertiary alicyclic amines) is 1. The first-order valence-corrected chi connectivity index (χ1v) is 7.04. The van der Waals surface area contributed by atoms with Crippen molar-refractivity contribution in [3.8, 4) is 0 Å². The highest BCUT2D eigenvalue weighted by Gasteiger charge is 2.41. The van der Waals surface area contributed by atoms with Crippen molar-refractivity contribution in [1.82, 2.24) is 4.90 Å². The van der Waals surface area contributed by atoms with Crippen molar-refractivity contribution < 1.29 is 19.7 Å². The number of ether oxygens (including phenoxy) is 1. The third kappa shape index (κ3) is 4.50. The summed E-state index contributed by atoms with van der Waals surface area (Å²) in [6.07, 6.45) is -0.246. The zero-order valence-corrected chi connectivity index (χ0v) is 11.9. The summed E-state index contributed by atoms with van der Waals surface area (Å²) in [7, 11) is 0. The number of β-amino-alcohol motifs (C(OH)–C–C–N with tert-alkyl or cyclic N) is 1. The van der Waals surface area contributed by atoms with Crippen LogP contribution >= 0.6 is 0 Å². The van der Waals surface area contributed by atoms with E-state index < -0.39 is 17.6 Å². The predicted octanol–water partition coefficient (Wildman–Crippen LogP) is 0.0519. The topological polar surface area (TPSA) is 96.0 Å². The Balaban J connectivity index is 1.68. The van der Waals surface area contributed by atoms with Gasteiger partial charge in [-0.1, -0.05) is 30.3 Å². The highest BCUT2D eigenvalue weighted by molar-refractivity contribution is 5.79. The number of nitrogens with zero attached hydrogens (tertiary/aromatic N) is 1. The molecule has 1 aromatic carbocycles. The normalized spacial score (nSPS) is 24.1. The van der Waals surface area contributed by atoms with E-state index in [1.807, 2.05) is 35.2 Å². The fourth-order valence-corrected chi connectivity index (χ4v) is 2.48. The van der Waals surface area contributed by atoms with Crippen molar-refractivity contribution in [3.63, 3.8) is 0 Å². The minimum atomic E-state index is -1.19. The summed E-state index contributed by atoms with van der Waals surface area (Å²) < 4.78 is 5.47. The Morgan fingerprint density at radius 2 is 2.14 bits per heavy atom. The highest BCUT2D eigenvalue weighted by atomic mass is 16.5. The maximum atomic E-state index is 11.0. The summed E-state index contributed by atoms with van der Waals surface area (Å²) in [4.78, 5) is 12.9. The van der Waals surface area contributed by atoms with Gasteiger partial charge in [0.05, 0.1) is 19.3 Å². The van der Waals surface area contributed by atoms with Crippen molar-refractivity contribution in [2.45, 2.75) is 24.7 Å². The number of aliphatic carboxylic acids is 1. The highest BCUT2D eigenvalue weighted by Crippen LogP contribution is 2.19. The van der Waals surface area contributed by atoms with E-state index in [0.29, 0.717) is 26.1 Å². The van der Waals surface area contributed by atoms with Gasteiger partial charge in [-0.15, -0.1) is 0 Å². The van der Waals surface area contributed by atoms with Crippen LogP contribution < -0.4 is 5.73 Å². The average molecular weight is 294 g/mol. The van der Waals surface area contributed by atoms with Gasteiger partial charge in [-0.2, -0.15) is 0 Å². The van der Waals surface area contributed by atoms with E-state index in [1.54, 1.807) is 0 Å². The molecule has 21 heavy (non-hydrogen) atoms. The maximum absolute atomic E-state index is 11.0. The van der Waals surface area contributed by atoms with Crippen LogP contribution in [-0.4, -0.2) is 59.0 Å². The number of carbonyl (C=O) groups is 1. The van der Waals surface area contributed by atoms with Crippen molar-refractivity contribution in [2.24, 2.45) is 5.73 Å². The molecule has 2 atom stereocenters. The van der Waals surface area contributed by atoms with Gasteiger partial charge in [0.25, 0.3) is 0 Å². The number of hydrogen-bond acceptors (Lipinski definition) is 5. The van der Waals surface area contributed by atoms with Crippen LogP contribution in [0.15, 0.2) is 30.3 Å². The first-order chi connectivity index (χ1) is 9.99. The Hall–Kier alpha value is -1.47. The van der Waals surface area contributed by atoms with Gasteiger partial charge in [0.1, 0.15) is 5.54 Å². The Bertz CT molecular complexity index is 468. The van der Waals surface area contributed by atoms with E-state index in [9.17, 15) is 9.90 Å². The molecule has 0 aliphatic carbocycles. The molecule has 1 aliphatic rings. The lowest BCUT2D eigenvalue weighted by molar-refractivity contribution is -0.142. The molecule has 0 bridgehead atoms. The van der Waals surface area contributed by atoms with E-state index in [-0.39, 0.29) is 13.2 Å². The van der Waals surface area contributed by atoms with E-state index in [2.05, 4.69) is 0 Å². The van der Waals surface area contributed by atoms with Crippen LogP contribution in [0.4, 0.5) is 0 Å². The molecule has 0 saturated carbocycles. The van der Waals surface area contributed by atoms with Gasteiger partial charge in [-0.05, 0) is 12.0 Å². The largest absolute Gasteiger partial charge is 0.480 e. The quantitative estimate of drug-likeness (QED) is 0.658. The fraction of sp³-hybridized carbons (Fsp3) is 0.533. The van der Waals surface area contributed by atoms with Crippen LogP contribution in [0.1, 0.15) is 12.0 Å². The van der Waals surface area contributed by atoms with Crippen molar-refractivity contribution in [2.75, 3.05) is 26.2 Å². The molecule has 4 N–H and O–H groups in total. The Morgan fingerprint density at radius 3 is 2.76 bits per heavy atom. The van der Waals surface area contributed by atoms with Gasteiger partial charge in [-0.25, -0.2) is 0 Å². The van der Waals surface area contributed by atoms with Gasteiger partial charge in [0.2, 0.25) is 0 Å². The van der Waals surface area contributed by atoms with Crippen LogP contribution in [0.5, 0.6) is 0 Å². The molecule has 1 aromatic rings. The van der Waals surface area contributed by atoms with Gasteiger partial charge in [0, 0.05) is 19.6 Å². The molecule has 0 aromatic heterocycles. The molecule has 116 valence electrons. The van der Waals surface area contributed by atoms with E-state index >= 15 is 0 Å². The molecule has 0 spiro atoms. The second-order valence-corrected chi connectivity index (χ2v) is 5.60. The lowest BCUT2D eigenvalue weighted by atomic mass is 10.0. The molecule has 1 fully saturated rings. The van der Waals surface area contributed by atoms with Gasteiger partial charge in [-0.3, -0.25) is 9.69 Å². The second-order valence-electron chi connectivity index (χ2n) is 5.60. The van der Waals surface area contributed by atoms with Gasteiger partial charge in [0.15, 0.2) is 0 Å². The van der Waals surface area contributed by atoms with Gasteiger partial charge < -0.3 is 20.7 Å². The van der Waals surface area contributed by atoms with Crippen LogP contribution in [0.2, 0.25) is 0 Å². The van der Waals surface area contributed by atoms with Crippen molar-refractivity contribution >= 4 is 5.97 Å². The molecule has 0 radical (unpaired) electrons. The minimum Gasteiger partial charge on any atom is -0.480 e. The summed E-state index contributed by atoms with van der Waals surface area (Å²) in [5.41, 5.74) is 5.65. The number of nitrogens with two attached hydrogens (primary N) is 1. The molecular weight excluding hydrogens is 272 g/mol. The number of benzene rings is 1. The number of hydrogen-bond donors (Lipinski definition) is 3. The molecule has 1 heterocycles. The fourth-order valence-electron chi connectivity index (χ4n) is 2.48. The van der Waals surface area contributed by atoms with Crippen molar-refractivity contribution in [1.29, 1.82) is 0 Å². The summed E-state index contributed by atoms with van der Waals surface area (Å²) in [5, 5.41) is 19.0. The molecule has 6 heteroatoms. The molecule has 2 unspecified atom stereocenters. The van der Waals surface area contributed by atoms with Crippen LogP contribution in [0, 0.1) is 0 Å². The number of aliphatic hydroxyl groups is 1. The van der Waals surface area contributed by atoms with E-state index in [4.69, 9.17) is 15.6 Å². The zero-order chi connectivity index (χ0) is 15.3.